The minimum atomic E-state index is 0.837. The molecule has 0 atom stereocenters. The molecule has 0 unspecified atom stereocenters. The van der Waals surface area contributed by atoms with Gasteiger partial charge in [0.1, 0.15) is 8.64 Å². The highest BCUT2D eigenvalue weighted by molar-refractivity contribution is 8.89. The second kappa shape index (κ2) is 17.2. The van der Waals surface area contributed by atoms with Crippen molar-refractivity contribution in [2.24, 2.45) is 0 Å². The number of thiocarbonyl (C=S) groups is 2. The Bertz CT molecular complexity index is 244. The van der Waals surface area contributed by atoms with Crippen LogP contribution < -0.4 is 0 Å². The fourth-order valence-electron chi connectivity index (χ4n) is 0.815. The molecule has 0 aliphatic rings. The van der Waals surface area contributed by atoms with Gasteiger partial charge in [-0.25, -0.2) is 0 Å². The maximum absolute atomic E-state index is 5.07. The highest BCUT2D eigenvalue weighted by Crippen LogP contribution is 2.26. The van der Waals surface area contributed by atoms with Crippen molar-refractivity contribution in [1.29, 1.82) is 0 Å². The molecular weight excluding hydrogens is 357 g/mol. The van der Waals surface area contributed by atoms with Crippen molar-refractivity contribution < 1.29 is 0 Å². The van der Waals surface area contributed by atoms with Gasteiger partial charge in [-0.15, -0.1) is 0 Å². The first-order valence-corrected chi connectivity index (χ1v) is 11.3. The monoisotopic (exact) mass is 386 g/mol. The molecule has 21 heavy (non-hydrogen) atoms. The number of rotatable bonds is 6. The number of thioether (sulfide) groups is 1. The van der Waals surface area contributed by atoms with Crippen LogP contribution in [0.4, 0.5) is 0 Å². The van der Waals surface area contributed by atoms with E-state index >= 15 is 0 Å². The summed E-state index contributed by atoms with van der Waals surface area (Å²) in [6, 6.07) is 0. The quantitative estimate of drug-likeness (QED) is 0.339. The average molecular weight is 387 g/mol. The molecule has 0 heterocycles. The Hall–Kier alpha value is 0.830. The van der Waals surface area contributed by atoms with Crippen molar-refractivity contribution >= 4 is 66.4 Å². The maximum atomic E-state index is 5.07. The third-order valence-corrected chi connectivity index (χ3v) is 7.51. The van der Waals surface area contributed by atoms with Gasteiger partial charge in [0.15, 0.2) is 0 Å². The summed E-state index contributed by atoms with van der Waals surface area (Å²) in [5.41, 5.74) is 0. The van der Waals surface area contributed by atoms with Crippen molar-refractivity contribution in [3.8, 4) is 0 Å². The van der Waals surface area contributed by atoms with Crippen LogP contribution in [-0.4, -0.2) is 58.1 Å². The molecule has 0 amide bonds. The third kappa shape index (κ3) is 18.8. The normalized spacial score (nSPS) is 9.62. The Labute approximate surface area is 154 Å². The Morgan fingerprint density at radius 3 is 1.33 bits per heavy atom. The van der Waals surface area contributed by atoms with Gasteiger partial charge in [0.25, 0.3) is 0 Å². The van der Waals surface area contributed by atoms with Gasteiger partial charge in [-0.1, -0.05) is 51.1 Å². The molecule has 0 N–H and O–H groups in total. The van der Waals surface area contributed by atoms with Gasteiger partial charge < -0.3 is 9.80 Å². The molecule has 0 aromatic heterocycles. The van der Waals surface area contributed by atoms with Crippen LogP contribution in [0.5, 0.6) is 0 Å². The molecule has 0 radical (unpaired) electrons. The van der Waals surface area contributed by atoms with Gasteiger partial charge in [-0.3, -0.25) is 0 Å². The summed E-state index contributed by atoms with van der Waals surface area (Å²) in [5.74, 6) is 2.74. The van der Waals surface area contributed by atoms with Gasteiger partial charge in [0.05, 0.1) is 0 Å². The third-order valence-electron chi connectivity index (χ3n) is 2.20. The molecule has 0 bridgehead atoms. The average Bonchev–Trinajstić information content (AvgIpc) is 2.44. The Kier molecular flexibility index (Phi) is 19.7. The van der Waals surface area contributed by atoms with Crippen LogP contribution in [0.25, 0.3) is 0 Å². The predicted molar refractivity (Wildman–Crippen MR) is 115 cm³/mol. The zero-order valence-corrected chi connectivity index (χ0v) is 18.3. The fourth-order valence-corrected chi connectivity index (χ4v) is 4.38. The summed E-state index contributed by atoms with van der Waals surface area (Å²) in [6.07, 6.45) is 5.49. The van der Waals surface area contributed by atoms with Crippen LogP contribution in [0.1, 0.15) is 39.5 Å². The molecule has 0 spiro atoms. The number of hydrogen-bond donors (Lipinski definition) is 0. The molecule has 0 rings (SSSR count). The summed E-state index contributed by atoms with van der Waals surface area (Å²) in [7, 11) is 10.7. The topological polar surface area (TPSA) is 6.48 Å². The molecule has 0 fully saturated rings. The summed E-state index contributed by atoms with van der Waals surface area (Å²) >= 11 is 12.2. The first-order chi connectivity index (χ1) is 9.86. The molecule has 0 aromatic carbocycles. The fraction of sp³-hybridized carbons (Fsp3) is 0.857. The minimum absolute atomic E-state index is 0.837. The maximum Gasteiger partial charge on any atom is 0.146 e. The molecule has 0 aliphatic carbocycles. The Balaban J connectivity index is 0. The first kappa shape index (κ1) is 24.1. The van der Waals surface area contributed by atoms with E-state index in [0.717, 1.165) is 8.64 Å². The zero-order chi connectivity index (χ0) is 16.7. The molecular formula is C14H30N2S5. The van der Waals surface area contributed by atoms with Crippen molar-refractivity contribution in [3.63, 3.8) is 0 Å². The van der Waals surface area contributed by atoms with E-state index < -0.39 is 0 Å². The predicted octanol–water partition coefficient (Wildman–Crippen LogP) is 5.38. The summed E-state index contributed by atoms with van der Waals surface area (Å²) in [4.78, 5) is 3.79. The minimum Gasteiger partial charge on any atom is -0.363 e. The van der Waals surface area contributed by atoms with E-state index in [-0.39, 0.29) is 0 Å². The van der Waals surface area contributed by atoms with Crippen LogP contribution in [0.15, 0.2) is 0 Å². The number of hydrogen-bond acceptors (Lipinski definition) is 5. The van der Waals surface area contributed by atoms with E-state index in [4.69, 9.17) is 24.4 Å². The van der Waals surface area contributed by atoms with Crippen molar-refractivity contribution in [3.05, 3.63) is 0 Å². The van der Waals surface area contributed by atoms with Gasteiger partial charge >= 0.3 is 0 Å². The standard InChI is InChI=1S/C8H18S.C6H12N2S4/c1-3-5-7-9-8-6-4-2;1-7(2)5(9)11-12-6(10)8(3)4/h3-8H2,1-2H3;1-4H3. The lowest BCUT2D eigenvalue weighted by molar-refractivity contribution is 0.647. The summed E-state index contributed by atoms with van der Waals surface area (Å²) in [6.45, 7) is 4.50. The van der Waals surface area contributed by atoms with Crippen LogP contribution >= 0.6 is 57.8 Å². The summed E-state index contributed by atoms with van der Waals surface area (Å²) in [5, 5.41) is 0. The van der Waals surface area contributed by atoms with E-state index in [1.165, 1.54) is 58.8 Å². The second-order valence-electron chi connectivity index (χ2n) is 4.81. The van der Waals surface area contributed by atoms with Gasteiger partial charge in [0, 0.05) is 28.2 Å². The van der Waals surface area contributed by atoms with E-state index in [9.17, 15) is 0 Å². The molecule has 0 aliphatic heterocycles. The smallest absolute Gasteiger partial charge is 0.146 e. The lowest BCUT2D eigenvalue weighted by Crippen LogP contribution is -2.18. The molecule has 7 heteroatoms. The highest BCUT2D eigenvalue weighted by atomic mass is 33.1. The van der Waals surface area contributed by atoms with E-state index in [1.54, 1.807) is 0 Å². The Morgan fingerprint density at radius 1 is 0.762 bits per heavy atom. The zero-order valence-electron chi connectivity index (χ0n) is 14.2. The van der Waals surface area contributed by atoms with Crippen molar-refractivity contribution in [2.45, 2.75) is 39.5 Å². The van der Waals surface area contributed by atoms with Gasteiger partial charge in [-0.05, 0) is 45.9 Å². The Morgan fingerprint density at radius 2 is 1.10 bits per heavy atom. The van der Waals surface area contributed by atoms with E-state index in [2.05, 4.69) is 25.6 Å². The molecule has 0 aromatic rings. The molecule has 2 nitrogen and oxygen atoms in total. The number of nitrogens with zero attached hydrogens (tertiary/aromatic N) is 2. The van der Waals surface area contributed by atoms with Gasteiger partial charge in [-0.2, -0.15) is 11.8 Å². The van der Waals surface area contributed by atoms with Crippen LogP contribution in [-0.2, 0) is 0 Å². The number of unbranched alkanes of at least 4 members (excludes halogenated alkanes) is 2. The van der Waals surface area contributed by atoms with E-state index in [1.807, 2.05) is 38.0 Å². The first-order valence-electron chi connectivity index (χ1n) is 7.21. The molecule has 0 saturated carbocycles. The summed E-state index contributed by atoms with van der Waals surface area (Å²) < 4.78 is 1.67. The van der Waals surface area contributed by atoms with Crippen molar-refractivity contribution in [2.75, 3.05) is 39.7 Å². The largest absolute Gasteiger partial charge is 0.363 e. The SMILES string of the molecule is CCCCSCCCC.CN(C)C(=S)SSC(=S)N(C)C. The molecule has 126 valence electrons. The lowest BCUT2D eigenvalue weighted by Gasteiger charge is -2.15. The van der Waals surface area contributed by atoms with Crippen LogP contribution in [0.3, 0.4) is 0 Å². The molecule has 0 saturated heterocycles. The van der Waals surface area contributed by atoms with Gasteiger partial charge in [0.2, 0.25) is 0 Å². The highest BCUT2D eigenvalue weighted by Gasteiger charge is 2.04. The van der Waals surface area contributed by atoms with Crippen LogP contribution in [0, 0.1) is 0 Å². The van der Waals surface area contributed by atoms with Crippen LogP contribution in [0.2, 0.25) is 0 Å². The van der Waals surface area contributed by atoms with E-state index in [0.29, 0.717) is 0 Å². The second-order valence-corrected chi connectivity index (χ2v) is 9.43. The van der Waals surface area contributed by atoms with Crippen molar-refractivity contribution in [1.82, 2.24) is 9.80 Å². The lowest BCUT2D eigenvalue weighted by atomic mass is 10.4.